The Kier molecular flexibility index (Phi) is 3.51. The molecule has 0 fully saturated rings. The zero-order valence-corrected chi connectivity index (χ0v) is 9.23. The van der Waals surface area contributed by atoms with Gasteiger partial charge in [-0.05, 0) is 17.7 Å². The number of alkyl halides is 1. The molecule has 0 spiro atoms. The quantitative estimate of drug-likeness (QED) is 0.659. The van der Waals surface area contributed by atoms with Gasteiger partial charge in [-0.25, -0.2) is 0 Å². The third kappa shape index (κ3) is 2.25. The first-order chi connectivity index (χ1) is 5.15. The van der Waals surface area contributed by atoms with Crippen LogP contribution in [0.3, 0.4) is 0 Å². The van der Waals surface area contributed by atoms with E-state index in [1.807, 2.05) is 0 Å². The second-order valence-electron chi connectivity index (χ2n) is 1.98. The van der Waals surface area contributed by atoms with Crippen LogP contribution >= 0.6 is 50.7 Å². The molecule has 60 valence electrons. The van der Waals surface area contributed by atoms with Gasteiger partial charge in [0, 0.05) is 20.4 Å². The molecule has 0 amide bonds. The highest BCUT2D eigenvalue weighted by Gasteiger charge is 2.05. The van der Waals surface area contributed by atoms with Gasteiger partial charge in [0.25, 0.3) is 0 Å². The number of rotatable bonds is 1. The van der Waals surface area contributed by atoms with Crippen molar-refractivity contribution in [3.05, 3.63) is 32.8 Å². The van der Waals surface area contributed by atoms with E-state index in [1.54, 1.807) is 12.1 Å². The fourth-order valence-corrected chi connectivity index (χ4v) is 2.58. The smallest absolute Gasteiger partial charge is 0.0476 e. The minimum atomic E-state index is 0.560. The Morgan fingerprint density at radius 1 is 1.09 bits per heavy atom. The molecule has 0 aliphatic carbocycles. The molecule has 0 heterocycles. The Balaban J connectivity index is 3.25. The van der Waals surface area contributed by atoms with Gasteiger partial charge in [0.2, 0.25) is 0 Å². The van der Waals surface area contributed by atoms with Crippen LogP contribution in [0.15, 0.2) is 12.1 Å². The minimum absolute atomic E-state index is 0.560. The fourth-order valence-electron chi connectivity index (χ4n) is 0.700. The summed E-state index contributed by atoms with van der Waals surface area (Å²) in [6.45, 7) is 0. The molecule has 0 unspecified atom stereocenters. The van der Waals surface area contributed by atoms with Crippen LogP contribution in [0.4, 0.5) is 0 Å². The van der Waals surface area contributed by atoms with Gasteiger partial charge in [0.15, 0.2) is 0 Å². The van der Waals surface area contributed by atoms with Crippen molar-refractivity contribution in [2.75, 3.05) is 0 Å². The van der Waals surface area contributed by atoms with Crippen LogP contribution in [-0.2, 0) is 5.33 Å². The summed E-state index contributed by atoms with van der Waals surface area (Å²) in [5, 5.41) is 2.39. The molecule has 1 aromatic rings. The molecule has 0 nitrogen and oxygen atoms in total. The van der Waals surface area contributed by atoms with Gasteiger partial charge in [0.05, 0.1) is 0 Å². The van der Waals surface area contributed by atoms with Crippen LogP contribution in [0.5, 0.6) is 0 Å². The van der Waals surface area contributed by atoms with Crippen LogP contribution in [0.25, 0.3) is 0 Å². The maximum Gasteiger partial charge on any atom is 0.0476 e. The number of benzene rings is 1. The van der Waals surface area contributed by atoms with Gasteiger partial charge in [-0.2, -0.15) is 0 Å². The SMILES string of the molecule is Clc1cc(Cl)c(CBr)c(Cl)c1. The molecule has 0 radical (unpaired) electrons. The Hall–Kier alpha value is 0.570. The molecule has 0 saturated heterocycles. The average Bonchev–Trinajstić information content (AvgIpc) is 1.85. The summed E-state index contributed by atoms with van der Waals surface area (Å²) in [6, 6.07) is 3.34. The lowest BCUT2D eigenvalue weighted by Gasteiger charge is -2.02. The molecule has 0 N–H and O–H groups in total. The normalized spacial score (nSPS) is 10.2. The standard InChI is InChI=1S/C7H4BrCl3/c8-3-5-6(10)1-4(9)2-7(5)11/h1-2H,3H2. The molecule has 4 heteroatoms. The molecule has 1 rings (SSSR count). The summed E-state index contributed by atoms with van der Waals surface area (Å²) >= 11 is 20.6. The van der Waals surface area contributed by atoms with Crippen molar-refractivity contribution in [3.63, 3.8) is 0 Å². The number of halogens is 4. The first-order valence-electron chi connectivity index (χ1n) is 2.84. The molecule has 0 aliphatic heterocycles. The average molecular weight is 274 g/mol. The summed E-state index contributed by atoms with van der Waals surface area (Å²) in [5.74, 6) is 0. The fraction of sp³-hybridized carbons (Fsp3) is 0.143. The second kappa shape index (κ2) is 3.99. The van der Waals surface area contributed by atoms with E-state index in [9.17, 15) is 0 Å². The van der Waals surface area contributed by atoms with Gasteiger partial charge in [-0.15, -0.1) is 0 Å². The van der Waals surface area contributed by atoms with Crippen molar-refractivity contribution in [1.82, 2.24) is 0 Å². The first-order valence-corrected chi connectivity index (χ1v) is 5.10. The van der Waals surface area contributed by atoms with Crippen molar-refractivity contribution in [2.45, 2.75) is 5.33 Å². The molecule has 11 heavy (non-hydrogen) atoms. The van der Waals surface area contributed by atoms with Crippen molar-refractivity contribution in [3.8, 4) is 0 Å². The zero-order valence-electron chi connectivity index (χ0n) is 5.37. The highest BCUT2D eigenvalue weighted by molar-refractivity contribution is 9.08. The number of hydrogen-bond acceptors (Lipinski definition) is 0. The Morgan fingerprint density at radius 2 is 1.55 bits per heavy atom. The Bertz CT molecular complexity index is 249. The maximum atomic E-state index is 5.84. The third-order valence-corrected chi connectivity index (χ3v) is 2.69. The van der Waals surface area contributed by atoms with Crippen molar-refractivity contribution in [2.24, 2.45) is 0 Å². The first kappa shape index (κ1) is 9.66. The van der Waals surface area contributed by atoms with Crippen LogP contribution in [0.1, 0.15) is 5.56 Å². The molecule has 0 aromatic heterocycles. The van der Waals surface area contributed by atoms with E-state index in [2.05, 4.69) is 15.9 Å². The molecule has 0 atom stereocenters. The minimum Gasteiger partial charge on any atom is -0.0875 e. The molecule has 0 saturated carbocycles. The topological polar surface area (TPSA) is 0 Å². The molecule has 0 aliphatic rings. The number of hydrogen-bond donors (Lipinski definition) is 0. The molecule has 0 bridgehead atoms. The summed E-state index contributed by atoms with van der Waals surface area (Å²) in [6.07, 6.45) is 0. The highest BCUT2D eigenvalue weighted by Crippen LogP contribution is 2.30. The summed E-state index contributed by atoms with van der Waals surface area (Å²) in [5.41, 5.74) is 0.873. The van der Waals surface area contributed by atoms with E-state index >= 15 is 0 Å². The van der Waals surface area contributed by atoms with Gasteiger partial charge < -0.3 is 0 Å². The van der Waals surface area contributed by atoms with Crippen molar-refractivity contribution >= 4 is 50.7 Å². The third-order valence-electron chi connectivity index (χ3n) is 1.24. The van der Waals surface area contributed by atoms with Gasteiger partial charge >= 0.3 is 0 Å². The predicted molar refractivity (Wildman–Crippen MR) is 54.1 cm³/mol. The summed E-state index contributed by atoms with van der Waals surface area (Å²) in [7, 11) is 0. The lowest BCUT2D eigenvalue weighted by molar-refractivity contribution is 1.44. The van der Waals surface area contributed by atoms with Crippen molar-refractivity contribution in [1.29, 1.82) is 0 Å². The van der Waals surface area contributed by atoms with Crippen molar-refractivity contribution < 1.29 is 0 Å². The maximum absolute atomic E-state index is 5.84. The largest absolute Gasteiger partial charge is 0.0875 e. The van der Waals surface area contributed by atoms with E-state index in [0.29, 0.717) is 20.4 Å². The van der Waals surface area contributed by atoms with E-state index in [4.69, 9.17) is 34.8 Å². The monoisotopic (exact) mass is 272 g/mol. The van der Waals surface area contributed by atoms with Crippen LogP contribution < -0.4 is 0 Å². The van der Waals surface area contributed by atoms with E-state index in [-0.39, 0.29) is 0 Å². The summed E-state index contributed by atoms with van der Waals surface area (Å²) < 4.78 is 0. The van der Waals surface area contributed by atoms with Gasteiger partial charge in [-0.1, -0.05) is 50.7 Å². The van der Waals surface area contributed by atoms with Crippen LogP contribution in [-0.4, -0.2) is 0 Å². The molecular weight excluding hydrogens is 270 g/mol. The van der Waals surface area contributed by atoms with Crippen LogP contribution in [0.2, 0.25) is 15.1 Å². The molecule has 1 aromatic carbocycles. The molecular formula is C7H4BrCl3. The zero-order chi connectivity index (χ0) is 8.43. The van der Waals surface area contributed by atoms with Gasteiger partial charge in [0.1, 0.15) is 0 Å². The lowest BCUT2D eigenvalue weighted by atomic mass is 10.2. The van der Waals surface area contributed by atoms with E-state index in [0.717, 1.165) is 5.56 Å². The van der Waals surface area contributed by atoms with Crippen LogP contribution in [0, 0.1) is 0 Å². The Labute approximate surface area is 88.6 Å². The summed E-state index contributed by atoms with van der Waals surface area (Å²) in [4.78, 5) is 0. The van der Waals surface area contributed by atoms with E-state index in [1.165, 1.54) is 0 Å². The Morgan fingerprint density at radius 3 is 1.91 bits per heavy atom. The lowest BCUT2D eigenvalue weighted by Crippen LogP contribution is -1.81. The second-order valence-corrected chi connectivity index (χ2v) is 3.79. The highest BCUT2D eigenvalue weighted by atomic mass is 79.9. The predicted octanol–water partition coefficient (Wildman–Crippen LogP) is 4.54. The van der Waals surface area contributed by atoms with E-state index < -0.39 is 0 Å². The van der Waals surface area contributed by atoms with Gasteiger partial charge in [-0.3, -0.25) is 0 Å².